The van der Waals surface area contributed by atoms with E-state index in [9.17, 15) is 28.8 Å². The molecule has 0 aliphatic heterocycles. The lowest BCUT2D eigenvalue weighted by atomic mass is 10.1. The third-order valence-corrected chi connectivity index (χ3v) is 12.8. The van der Waals surface area contributed by atoms with Crippen LogP contribution in [0, 0.1) is 0 Å². The Hall–Kier alpha value is -3.18. The quantitative estimate of drug-likeness (QED) is 0.0323. The lowest BCUT2D eigenvalue weighted by Gasteiger charge is -2.13. The fourth-order valence-electron chi connectivity index (χ4n) is 8.10. The summed E-state index contributed by atoms with van der Waals surface area (Å²) in [7, 11) is 0. The number of rotatable bonds is 51. The molecule has 75 heavy (non-hydrogen) atoms. The zero-order valence-corrected chi connectivity index (χ0v) is 50.5. The topological polar surface area (TPSA) is 158 Å². The lowest BCUT2D eigenvalue weighted by Crippen LogP contribution is -2.22. The van der Waals surface area contributed by atoms with Crippen LogP contribution in [0.2, 0.25) is 0 Å². The van der Waals surface area contributed by atoms with Crippen LogP contribution in [0.5, 0.6) is 0 Å². The summed E-state index contributed by atoms with van der Waals surface area (Å²) >= 11 is 0. The molecule has 0 radical (unpaired) electrons. The second-order valence-corrected chi connectivity index (χ2v) is 21.1. The van der Waals surface area contributed by atoms with Crippen LogP contribution in [0.25, 0.3) is 0 Å². The van der Waals surface area contributed by atoms with Gasteiger partial charge < -0.3 is 28.4 Å². The molecule has 0 aliphatic rings. The van der Waals surface area contributed by atoms with E-state index < -0.39 is 0 Å². The Morgan fingerprint density at radius 1 is 0.227 bits per heavy atom. The fraction of sp³-hybridized carbons (Fsp3) is 0.905. The van der Waals surface area contributed by atoms with E-state index in [2.05, 4.69) is 41.5 Å². The minimum absolute atomic E-state index is 0.162. The van der Waals surface area contributed by atoms with Crippen molar-refractivity contribution >= 4 is 35.8 Å². The van der Waals surface area contributed by atoms with Crippen LogP contribution in [0.4, 0.5) is 0 Å². The Kier molecular flexibility index (Phi) is 62.5. The van der Waals surface area contributed by atoms with Crippen molar-refractivity contribution in [3.8, 4) is 0 Å². The normalized spacial score (nSPS) is 12.0. The van der Waals surface area contributed by atoms with Crippen molar-refractivity contribution in [2.75, 3.05) is 19.8 Å². The smallest absolute Gasteiger partial charge is 0.306 e. The third-order valence-electron chi connectivity index (χ3n) is 12.8. The molecule has 0 heterocycles. The molecule has 0 rings (SSSR count). The number of hydrogen-bond donors (Lipinski definition) is 0. The van der Waals surface area contributed by atoms with Crippen LogP contribution in [0.15, 0.2) is 0 Å². The molecule has 0 aromatic rings. The highest BCUT2D eigenvalue weighted by Gasteiger charge is 2.15. The summed E-state index contributed by atoms with van der Waals surface area (Å²) in [5.74, 6) is -1.12. The van der Waals surface area contributed by atoms with Gasteiger partial charge in [0.05, 0.1) is 0 Å². The van der Waals surface area contributed by atoms with Crippen molar-refractivity contribution in [1.29, 1.82) is 0 Å². The van der Waals surface area contributed by atoms with Crippen molar-refractivity contribution in [3.05, 3.63) is 0 Å². The van der Waals surface area contributed by atoms with Crippen LogP contribution in [0.1, 0.15) is 332 Å². The van der Waals surface area contributed by atoms with Crippen LogP contribution in [0.3, 0.4) is 0 Å². The van der Waals surface area contributed by atoms with Gasteiger partial charge in [0.15, 0.2) is 0 Å². The summed E-state index contributed by atoms with van der Waals surface area (Å²) in [6.07, 6.45) is 43.1. The highest BCUT2D eigenvalue weighted by molar-refractivity contribution is 5.71. The number of esters is 6. The molecule has 0 spiro atoms. The first-order chi connectivity index (χ1) is 36.3. The summed E-state index contributed by atoms with van der Waals surface area (Å²) in [5.41, 5.74) is 0. The van der Waals surface area contributed by atoms with E-state index in [1.165, 1.54) is 154 Å². The standard InChI is InChI=1S/C23H44O4.C21H40O4.C19H36O4/c1-4-6-8-10-12-14-16-18-22(24)26-20-21(3)27-23(25)19-17-15-13-11-9-7-5-2;1-4-6-8-10-12-14-16-20(22)24-18-19(3)25-21(23)17-15-13-11-9-7-5-2;1-4-6-8-10-12-14-18(20)22-16-17(3)23-19(21)15-13-11-9-7-5-2/h21H,4-20H2,1-3H3;19H,4-18H2,1-3H3;17H,4-16H2,1-3H3. The molecular weight excluding hydrogens is 949 g/mol. The van der Waals surface area contributed by atoms with E-state index in [1.54, 1.807) is 20.8 Å². The van der Waals surface area contributed by atoms with E-state index >= 15 is 0 Å². The molecule has 0 N–H and O–H groups in total. The van der Waals surface area contributed by atoms with Gasteiger partial charge in [-0.2, -0.15) is 0 Å². The number of hydrogen-bond acceptors (Lipinski definition) is 12. The number of ether oxygens (including phenoxy) is 6. The van der Waals surface area contributed by atoms with Crippen LogP contribution in [-0.2, 0) is 57.2 Å². The van der Waals surface area contributed by atoms with Crippen molar-refractivity contribution in [2.45, 2.75) is 350 Å². The van der Waals surface area contributed by atoms with E-state index in [0.29, 0.717) is 38.5 Å². The number of carbonyl (C=O) groups excluding carboxylic acids is 6. The zero-order valence-electron chi connectivity index (χ0n) is 50.5. The van der Waals surface area contributed by atoms with Gasteiger partial charge in [-0.25, -0.2) is 0 Å². The van der Waals surface area contributed by atoms with Crippen molar-refractivity contribution in [2.24, 2.45) is 0 Å². The maximum atomic E-state index is 11.8. The molecule has 0 bridgehead atoms. The first-order valence-corrected chi connectivity index (χ1v) is 31.3. The number of unbranched alkanes of at least 4 members (excludes halogenated alkanes) is 30. The molecule has 444 valence electrons. The van der Waals surface area contributed by atoms with Gasteiger partial charge in [0.1, 0.15) is 38.1 Å². The molecular formula is C63H120O12. The summed E-state index contributed by atoms with van der Waals surface area (Å²) < 4.78 is 31.4. The van der Waals surface area contributed by atoms with E-state index in [1.807, 2.05) is 0 Å². The van der Waals surface area contributed by atoms with Crippen molar-refractivity contribution in [1.82, 2.24) is 0 Å². The van der Waals surface area contributed by atoms with Gasteiger partial charge in [-0.05, 0) is 59.3 Å². The van der Waals surface area contributed by atoms with Gasteiger partial charge in [-0.15, -0.1) is 0 Å². The van der Waals surface area contributed by atoms with Crippen molar-refractivity contribution < 1.29 is 57.2 Å². The second kappa shape index (κ2) is 61.7. The summed E-state index contributed by atoms with van der Waals surface area (Å²) in [6.45, 7) is 19.0. The third kappa shape index (κ3) is 65.0. The fourth-order valence-corrected chi connectivity index (χ4v) is 8.10. The van der Waals surface area contributed by atoms with Gasteiger partial charge in [0.25, 0.3) is 0 Å². The highest BCUT2D eigenvalue weighted by atomic mass is 16.6. The van der Waals surface area contributed by atoms with Gasteiger partial charge in [-0.3, -0.25) is 28.8 Å². The first-order valence-electron chi connectivity index (χ1n) is 31.3. The molecule has 0 aromatic heterocycles. The van der Waals surface area contributed by atoms with Gasteiger partial charge >= 0.3 is 35.8 Å². The van der Waals surface area contributed by atoms with Gasteiger partial charge in [0, 0.05) is 38.5 Å². The van der Waals surface area contributed by atoms with E-state index in [0.717, 1.165) is 77.0 Å². The second-order valence-electron chi connectivity index (χ2n) is 21.1. The molecule has 12 heteroatoms. The minimum Gasteiger partial charge on any atom is -0.462 e. The Labute approximate surface area is 461 Å². The highest BCUT2D eigenvalue weighted by Crippen LogP contribution is 2.14. The number of carbonyl (C=O) groups is 6. The van der Waals surface area contributed by atoms with Crippen molar-refractivity contribution in [3.63, 3.8) is 0 Å². The maximum absolute atomic E-state index is 11.8. The Morgan fingerprint density at radius 3 is 0.547 bits per heavy atom. The average molecular weight is 1070 g/mol. The minimum atomic E-state index is -0.361. The molecule has 3 unspecified atom stereocenters. The summed E-state index contributed by atoms with van der Waals surface area (Å²) in [5, 5.41) is 0. The Bertz CT molecular complexity index is 1290. The van der Waals surface area contributed by atoms with E-state index in [-0.39, 0.29) is 73.9 Å². The average Bonchev–Trinajstić information content (AvgIpc) is 3.38. The molecule has 0 saturated heterocycles. The zero-order chi connectivity index (χ0) is 56.3. The van der Waals surface area contributed by atoms with Gasteiger partial charge in [0.2, 0.25) is 0 Å². The molecule has 0 amide bonds. The summed E-state index contributed by atoms with van der Waals surface area (Å²) in [6, 6.07) is 0. The largest absolute Gasteiger partial charge is 0.462 e. The monoisotopic (exact) mass is 1070 g/mol. The molecule has 3 atom stereocenters. The molecule has 12 nitrogen and oxygen atoms in total. The molecule has 0 saturated carbocycles. The van der Waals surface area contributed by atoms with Gasteiger partial charge in [-0.1, -0.05) is 234 Å². The predicted molar refractivity (Wildman–Crippen MR) is 307 cm³/mol. The Morgan fingerprint density at radius 2 is 0.373 bits per heavy atom. The SMILES string of the molecule is CCCCCCCC(=O)OCC(C)OC(=O)CCCCCCC.CCCCCCCCC(=O)OCC(C)OC(=O)CCCCCCCC.CCCCCCCCCC(=O)OCC(C)OC(=O)CCCCCCCCC. The first kappa shape index (κ1) is 76.1. The molecule has 0 aliphatic carbocycles. The van der Waals surface area contributed by atoms with Crippen LogP contribution in [-0.4, -0.2) is 73.9 Å². The Balaban J connectivity index is -0.00000104. The molecule has 0 fully saturated rings. The van der Waals surface area contributed by atoms with Crippen LogP contribution >= 0.6 is 0 Å². The van der Waals surface area contributed by atoms with E-state index in [4.69, 9.17) is 28.4 Å². The molecule has 0 aromatic carbocycles. The predicted octanol–water partition coefficient (Wildman–Crippen LogP) is 17.9. The summed E-state index contributed by atoms with van der Waals surface area (Å²) in [4.78, 5) is 70.1. The van der Waals surface area contributed by atoms with Crippen LogP contribution < -0.4 is 0 Å². The lowest BCUT2D eigenvalue weighted by molar-refractivity contribution is -0.158. The maximum Gasteiger partial charge on any atom is 0.306 e.